The maximum atomic E-state index is 12.0. The second kappa shape index (κ2) is 7.39. The minimum absolute atomic E-state index is 0.153. The van der Waals surface area contributed by atoms with Gasteiger partial charge in [-0.25, -0.2) is 4.68 Å². The number of carbonyl (C=O) groups excluding carboxylic acids is 1. The van der Waals surface area contributed by atoms with Crippen molar-refractivity contribution >= 4 is 11.9 Å². The average molecular weight is 318 g/mol. The van der Waals surface area contributed by atoms with E-state index in [-0.39, 0.29) is 19.0 Å². The number of carbonyl (C=O) groups is 2. The summed E-state index contributed by atoms with van der Waals surface area (Å²) < 4.78 is 6.76. The van der Waals surface area contributed by atoms with E-state index in [4.69, 9.17) is 9.84 Å². The Labute approximate surface area is 133 Å². The molecule has 1 aromatic carbocycles. The van der Waals surface area contributed by atoms with E-state index in [0.29, 0.717) is 11.4 Å². The summed E-state index contributed by atoms with van der Waals surface area (Å²) in [6.07, 6.45) is 0.811. The fourth-order valence-corrected chi connectivity index (χ4v) is 1.90. The van der Waals surface area contributed by atoms with Crippen LogP contribution in [-0.4, -0.2) is 38.1 Å². The van der Waals surface area contributed by atoms with Gasteiger partial charge in [-0.1, -0.05) is 17.3 Å². The zero-order chi connectivity index (χ0) is 16.8. The van der Waals surface area contributed by atoms with E-state index in [1.807, 2.05) is 25.1 Å². The van der Waals surface area contributed by atoms with E-state index in [1.54, 1.807) is 13.0 Å². The number of ether oxygens (including phenoxy) is 1. The summed E-state index contributed by atoms with van der Waals surface area (Å²) in [5, 5.41) is 18.8. The minimum atomic E-state index is -1.01. The second-order valence-electron chi connectivity index (χ2n) is 5.10. The molecule has 8 nitrogen and oxygen atoms in total. The van der Waals surface area contributed by atoms with E-state index in [9.17, 15) is 9.59 Å². The van der Waals surface area contributed by atoms with Crippen LogP contribution < -0.4 is 10.1 Å². The molecule has 1 unspecified atom stereocenters. The second-order valence-corrected chi connectivity index (χ2v) is 5.10. The van der Waals surface area contributed by atoms with Gasteiger partial charge in [0.25, 0.3) is 5.91 Å². The molecule has 1 aromatic heterocycles. The molecule has 0 saturated heterocycles. The lowest BCUT2D eigenvalue weighted by molar-refractivity contribution is -0.138. The number of rotatable bonds is 7. The molecule has 0 aliphatic carbocycles. The highest BCUT2D eigenvalue weighted by Gasteiger charge is 2.15. The molecule has 0 aliphatic heterocycles. The molecule has 0 saturated carbocycles. The van der Waals surface area contributed by atoms with Crippen LogP contribution in [0.2, 0.25) is 0 Å². The third-order valence-corrected chi connectivity index (χ3v) is 3.00. The van der Waals surface area contributed by atoms with E-state index in [2.05, 4.69) is 15.6 Å². The summed E-state index contributed by atoms with van der Waals surface area (Å²) in [5.41, 5.74) is 1.52. The van der Waals surface area contributed by atoms with Crippen molar-refractivity contribution in [1.82, 2.24) is 20.3 Å². The highest BCUT2D eigenvalue weighted by molar-refractivity contribution is 5.80. The lowest BCUT2D eigenvalue weighted by Gasteiger charge is -2.14. The van der Waals surface area contributed by atoms with Crippen LogP contribution >= 0.6 is 0 Å². The average Bonchev–Trinajstić information content (AvgIpc) is 2.91. The van der Waals surface area contributed by atoms with Gasteiger partial charge in [-0.2, -0.15) is 0 Å². The number of aromatic nitrogens is 3. The Morgan fingerprint density at radius 1 is 1.43 bits per heavy atom. The van der Waals surface area contributed by atoms with Crippen molar-refractivity contribution in [2.24, 2.45) is 0 Å². The Balaban J connectivity index is 1.84. The molecule has 2 rings (SSSR count). The number of aliphatic carboxylic acids is 1. The van der Waals surface area contributed by atoms with Gasteiger partial charge in [-0.05, 0) is 31.5 Å². The lowest BCUT2D eigenvalue weighted by atomic mass is 10.2. The smallest absolute Gasteiger partial charge is 0.325 e. The molecule has 1 heterocycles. The van der Waals surface area contributed by atoms with Crippen LogP contribution in [0.25, 0.3) is 0 Å². The van der Waals surface area contributed by atoms with Crippen molar-refractivity contribution in [3.8, 4) is 5.75 Å². The molecule has 0 aliphatic rings. The molecule has 0 bridgehead atoms. The first-order valence-corrected chi connectivity index (χ1v) is 7.06. The number of hydrogen-bond acceptors (Lipinski definition) is 5. The van der Waals surface area contributed by atoms with Crippen molar-refractivity contribution < 1.29 is 19.4 Å². The number of nitrogens with zero attached hydrogens (tertiary/aromatic N) is 3. The SMILES string of the molecule is Cc1cccc(OC(C)C(=O)NCc2cn(CC(=O)O)nn2)c1. The molecule has 0 radical (unpaired) electrons. The van der Waals surface area contributed by atoms with Crippen molar-refractivity contribution in [3.63, 3.8) is 0 Å². The number of amides is 1. The van der Waals surface area contributed by atoms with Crippen LogP contribution in [0.5, 0.6) is 5.75 Å². The van der Waals surface area contributed by atoms with Crippen LogP contribution in [0.4, 0.5) is 0 Å². The molecule has 2 N–H and O–H groups in total. The fraction of sp³-hybridized carbons (Fsp3) is 0.333. The Bertz CT molecular complexity index is 698. The standard InChI is InChI=1S/C15H18N4O4/c1-10-4-3-5-13(6-10)23-11(2)15(22)16-7-12-8-19(18-17-12)9-14(20)21/h3-6,8,11H,7,9H2,1-2H3,(H,16,22)(H,20,21). The normalized spacial score (nSPS) is 11.7. The molecule has 23 heavy (non-hydrogen) atoms. The quantitative estimate of drug-likeness (QED) is 0.780. The zero-order valence-electron chi connectivity index (χ0n) is 12.9. The number of carboxylic acids is 1. The molecular weight excluding hydrogens is 300 g/mol. The number of benzene rings is 1. The van der Waals surface area contributed by atoms with E-state index in [0.717, 1.165) is 5.56 Å². The molecule has 2 aromatic rings. The van der Waals surface area contributed by atoms with Crippen LogP contribution in [0.15, 0.2) is 30.5 Å². The molecule has 1 atom stereocenters. The highest BCUT2D eigenvalue weighted by Crippen LogP contribution is 2.14. The first kappa shape index (κ1) is 16.5. The van der Waals surface area contributed by atoms with Crippen molar-refractivity contribution in [2.45, 2.75) is 33.0 Å². The van der Waals surface area contributed by atoms with E-state index in [1.165, 1.54) is 10.9 Å². The van der Waals surface area contributed by atoms with Crippen molar-refractivity contribution in [1.29, 1.82) is 0 Å². The molecule has 1 amide bonds. The maximum Gasteiger partial charge on any atom is 0.325 e. The summed E-state index contributed by atoms with van der Waals surface area (Å²) in [6.45, 7) is 3.48. The Morgan fingerprint density at radius 2 is 2.22 bits per heavy atom. The first-order chi connectivity index (χ1) is 10.9. The van der Waals surface area contributed by atoms with Gasteiger partial charge in [-0.15, -0.1) is 5.10 Å². The van der Waals surface area contributed by atoms with E-state index < -0.39 is 12.1 Å². The van der Waals surface area contributed by atoms with Gasteiger partial charge in [0.1, 0.15) is 18.0 Å². The van der Waals surface area contributed by atoms with Gasteiger partial charge in [0.05, 0.1) is 12.7 Å². The largest absolute Gasteiger partial charge is 0.481 e. The summed E-state index contributed by atoms with van der Waals surface area (Å²) in [4.78, 5) is 22.6. The predicted molar refractivity (Wildman–Crippen MR) is 80.8 cm³/mol. The molecule has 8 heteroatoms. The van der Waals surface area contributed by atoms with Gasteiger partial charge in [0, 0.05) is 0 Å². The molecular formula is C15H18N4O4. The topological polar surface area (TPSA) is 106 Å². The Hall–Kier alpha value is -2.90. The highest BCUT2D eigenvalue weighted by atomic mass is 16.5. The van der Waals surface area contributed by atoms with Gasteiger partial charge < -0.3 is 15.2 Å². The summed E-state index contributed by atoms with van der Waals surface area (Å²) in [7, 11) is 0. The number of aryl methyl sites for hydroxylation is 1. The van der Waals surface area contributed by atoms with E-state index >= 15 is 0 Å². The Kier molecular flexibility index (Phi) is 5.29. The van der Waals surface area contributed by atoms with Gasteiger partial charge >= 0.3 is 5.97 Å². The van der Waals surface area contributed by atoms with Crippen LogP contribution in [0.1, 0.15) is 18.2 Å². The Morgan fingerprint density at radius 3 is 2.91 bits per heavy atom. The van der Waals surface area contributed by atoms with Gasteiger partial charge in [-0.3, -0.25) is 9.59 Å². The summed E-state index contributed by atoms with van der Waals surface area (Å²) in [6, 6.07) is 7.43. The number of hydrogen-bond donors (Lipinski definition) is 2. The van der Waals surface area contributed by atoms with Crippen LogP contribution in [0.3, 0.4) is 0 Å². The zero-order valence-corrected chi connectivity index (χ0v) is 12.9. The fourth-order valence-electron chi connectivity index (χ4n) is 1.90. The maximum absolute atomic E-state index is 12.0. The first-order valence-electron chi connectivity index (χ1n) is 7.06. The van der Waals surface area contributed by atoms with Crippen LogP contribution in [0, 0.1) is 6.92 Å². The van der Waals surface area contributed by atoms with Crippen LogP contribution in [-0.2, 0) is 22.7 Å². The summed E-state index contributed by atoms with van der Waals surface area (Å²) >= 11 is 0. The summed E-state index contributed by atoms with van der Waals surface area (Å²) in [5.74, 6) is -0.676. The number of carboxylic acid groups (broad SMARTS) is 1. The lowest BCUT2D eigenvalue weighted by Crippen LogP contribution is -2.36. The van der Waals surface area contributed by atoms with Gasteiger partial charge in [0.2, 0.25) is 0 Å². The molecule has 0 fully saturated rings. The van der Waals surface area contributed by atoms with Gasteiger partial charge in [0.15, 0.2) is 6.10 Å². The minimum Gasteiger partial charge on any atom is -0.481 e. The van der Waals surface area contributed by atoms with Crippen molar-refractivity contribution in [3.05, 3.63) is 41.7 Å². The molecule has 0 spiro atoms. The van der Waals surface area contributed by atoms with Crippen molar-refractivity contribution in [2.75, 3.05) is 0 Å². The molecule has 122 valence electrons. The monoisotopic (exact) mass is 318 g/mol. The third-order valence-electron chi connectivity index (χ3n) is 3.00. The third kappa shape index (κ3) is 5.10. The number of nitrogens with one attached hydrogen (secondary N) is 1. The predicted octanol–water partition coefficient (Wildman–Crippen LogP) is 0.755.